The van der Waals surface area contributed by atoms with Gasteiger partial charge in [0.2, 0.25) is 11.8 Å². The van der Waals surface area contributed by atoms with Crippen molar-refractivity contribution in [2.45, 2.75) is 29.5 Å². The van der Waals surface area contributed by atoms with Crippen LogP contribution in [0, 0.1) is 35.4 Å². The largest absolute Gasteiger partial charge is 0.483 e. The number of H-pyrrole nitrogens is 1. The number of anilines is 2. The van der Waals surface area contributed by atoms with Gasteiger partial charge < -0.3 is 19.8 Å². The Morgan fingerprint density at radius 3 is 2.41 bits per heavy atom. The van der Waals surface area contributed by atoms with E-state index in [9.17, 15) is 28.4 Å². The first-order valence-corrected chi connectivity index (χ1v) is 17.7. The summed E-state index contributed by atoms with van der Waals surface area (Å²) in [5.41, 5.74) is 2.00. The van der Waals surface area contributed by atoms with E-state index in [1.165, 1.54) is 29.2 Å². The average molecular weight is 700 g/mol. The molecule has 8 rings (SSSR count). The second-order valence-corrected chi connectivity index (χ2v) is 14.8. The van der Waals surface area contributed by atoms with Gasteiger partial charge in [0.1, 0.15) is 11.6 Å². The van der Waals surface area contributed by atoms with Gasteiger partial charge in [0.15, 0.2) is 6.61 Å². The number of carbonyl (C=O) groups is 4. The number of benzene rings is 3. The van der Waals surface area contributed by atoms with Crippen LogP contribution in [0.1, 0.15) is 40.1 Å². The molecule has 4 aliphatic rings. The molecule has 3 amide bonds. The molecule has 1 aromatic heterocycles. The Bertz CT molecular complexity index is 2050. The lowest BCUT2D eigenvalue weighted by molar-refractivity contribution is -0.123. The van der Waals surface area contributed by atoms with Gasteiger partial charge in [-0.15, -0.1) is 11.8 Å². The summed E-state index contributed by atoms with van der Waals surface area (Å²) < 4.78 is 24.5. The van der Waals surface area contributed by atoms with Gasteiger partial charge in [0, 0.05) is 27.3 Å². The van der Waals surface area contributed by atoms with Crippen molar-refractivity contribution < 1.29 is 33.0 Å². The molecule has 250 valence electrons. The van der Waals surface area contributed by atoms with Crippen LogP contribution < -0.4 is 19.8 Å². The number of amides is 3. The van der Waals surface area contributed by atoms with Crippen molar-refractivity contribution in [1.82, 2.24) is 4.98 Å². The average Bonchev–Trinajstić information content (AvgIpc) is 3.84. The summed E-state index contributed by atoms with van der Waals surface area (Å²) in [7, 11) is 0. The van der Waals surface area contributed by atoms with Crippen LogP contribution in [0.15, 0.2) is 82.6 Å². The van der Waals surface area contributed by atoms with Crippen LogP contribution in [0.25, 0.3) is 0 Å². The Morgan fingerprint density at radius 1 is 0.959 bits per heavy atom. The summed E-state index contributed by atoms with van der Waals surface area (Å²) in [5.74, 6) is -2.89. The van der Waals surface area contributed by atoms with Gasteiger partial charge in [0.25, 0.3) is 5.91 Å². The van der Waals surface area contributed by atoms with Gasteiger partial charge in [-0.2, -0.15) is 0 Å². The third kappa shape index (κ3) is 5.26. The number of esters is 1. The van der Waals surface area contributed by atoms with Gasteiger partial charge in [-0.3, -0.25) is 24.1 Å². The van der Waals surface area contributed by atoms with Crippen LogP contribution in [0.3, 0.4) is 0 Å². The van der Waals surface area contributed by atoms with E-state index in [-0.39, 0.29) is 58.8 Å². The van der Waals surface area contributed by atoms with Crippen molar-refractivity contribution in [2.75, 3.05) is 23.4 Å². The van der Waals surface area contributed by atoms with Crippen LogP contribution in [0.4, 0.5) is 15.8 Å². The highest BCUT2D eigenvalue weighted by atomic mass is 32.2. The number of aromatic nitrogens is 1. The van der Waals surface area contributed by atoms with Crippen LogP contribution in [-0.4, -0.2) is 47.1 Å². The second-order valence-electron chi connectivity index (χ2n) is 12.6. The molecule has 2 aliphatic heterocycles. The highest BCUT2D eigenvalue weighted by Crippen LogP contribution is 2.69. The van der Waals surface area contributed by atoms with Crippen LogP contribution in [-0.2, 0) is 19.1 Å². The molecule has 49 heavy (non-hydrogen) atoms. The quantitative estimate of drug-likeness (QED) is 0.183. The smallest absolute Gasteiger partial charge is 0.338 e. The first kappa shape index (κ1) is 31.5. The second kappa shape index (κ2) is 12.3. The Balaban J connectivity index is 1.09. The number of imide groups is 1. The number of aromatic amines is 1. The van der Waals surface area contributed by atoms with E-state index in [0.29, 0.717) is 29.1 Å². The molecule has 0 unspecified atom stereocenters. The monoisotopic (exact) mass is 699 g/mol. The number of nitrogens with zero attached hydrogens (tertiary/aromatic N) is 1. The summed E-state index contributed by atoms with van der Waals surface area (Å²) >= 11 is 2.72. The Hall–Kier alpha value is -4.75. The fourth-order valence-corrected chi connectivity index (χ4v) is 11.2. The lowest BCUT2D eigenvalue weighted by Gasteiger charge is -2.43. The van der Waals surface area contributed by atoms with Crippen molar-refractivity contribution in [1.29, 1.82) is 0 Å². The maximum Gasteiger partial charge on any atom is 0.338 e. The molecule has 2 aliphatic carbocycles. The molecule has 3 heterocycles. The minimum absolute atomic E-state index is 0.0354. The summed E-state index contributed by atoms with van der Waals surface area (Å²) in [4.78, 5) is 70.8. The van der Waals surface area contributed by atoms with E-state index in [2.05, 4.69) is 10.3 Å². The fourth-order valence-electron chi connectivity index (χ4n) is 8.32. The molecule has 13 heteroatoms. The van der Waals surface area contributed by atoms with Crippen LogP contribution in [0.2, 0.25) is 0 Å². The molecule has 4 aromatic rings. The zero-order chi connectivity index (χ0) is 34.0. The molecule has 2 N–H and O–H groups in total. The van der Waals surface area contributed by atoms with E-state index in [4.69, 9.17) is 9.47 Å². The third-order valence-corrected chi connectivity index (χ3v) is 12.7. The molecule has 3 fully saturated rings. The van der Waals surface area contributed by atoms with Gasteiger partial charge in [-0.05, 0) is 85.7 Å². The van der Waals surface area contributed by atoms with Crippen molar-refractivity contribution in [2.24, 2.45) is 29.6 Å². The maximum atomic E-state index is 14.2. The summed E-state index contributed by atoms with van der Waals surface area (Å²) in [6, 6.07) is 19.2. The van der Waals surface area contributed by atoms with Crippen LogP contribution in [0.5, 0.6) is 5.75 Å². The number of halogens is 1. The lowest BCUT2D eigenvalue weighted by atomic mass is 9.68. The van der Waals surface area contributed by atoms with Crippen molar-refractivity contribution in [3.05, 3.63) is 104 Å². The number of nitrogens with one attached hydrogen (secondary N) is 2. The molecule has 3 aromatic carbocycles. The predicted molar refractivity (Wildman–Crippen MR) is 180 cm³/mol. The SMILES string of the molecule is CCOC(=O)c1ccc(N2C(=O)[C@H]3[C@H]4C[C@@H]([C@@H]3C2=O)[C@@H]2[C@H](c3ccccc3OCC(=O)Nc3ccc(F)cc3)c3sc(=O)[nH]c3S[C@H]42)cc1. The number of thiazole rings is 1. The van der Waals surface area contributed by atoms with E-state index >= 15 is 0 Å². The number of carbonyl (C=O) groups excluding carboxylic acids is 4. The summed E-state index contributed by atoms with van der Waals surface area (Å²) in [5, 5.41) is 3.43. The fraction of sp³-hybridized carbons (Fsp3) is 0.306. The first-order chi connectivity index (χ1) is 23.7. The zero-order valence-electron chi connectivity index (χ0n) is 26.1. The van der Waals surface area contributed by atoms with Gasteiger partial charge >= 0.3 is 10.8 Å². The van der Waals surface area contributed by atoms with Crippen molar-refractivity contribution in [3.63, 3.8) is 0 Å². The topological polar surface area (TPSA) is 135 Å². The Morgan fingerprint density at radius 2 is 1.67 bits per heavy atom. The summed E-state index contributed by atoms with van der Waals surface area (Å²) in [6.45, 7) is 1.66. The van der Waals surface area contributed by atoms with Gasteiger partial charge in [0.05, 0.1) is 34.7 Å². The predicted octanol–water partition coefficient (Wildman–Crippen LogP) is 5.45. The Labute approximate surface area is 288 Å². The highest BCUT2D eigenvalue weighted by Gasteiger charge is 2.69. The molecular weight excluding hydrogens is 670 g/mol. The maximum absolute atomic E-state index is 14.2. The third-order valence-electron chi connectivity index (χ3n) is 10.1. The van der Waals surface area contributed by atoms with Crippen molar-refractivity contribution in [3.8, 4) is 5.75 Å². The summed E-state index contributed by atoms with van der Waals surface area (Å²) in [6.07, 6.45) is 0.712. The highest BCUT2D eigenvalue weighted by molar-refractivity contribution is 8.00. The number of hydrogen-bond donors (Lipinski definition) is 2. The van der Waals surface area contributed by atoms with Crippen molar-refractivity contribution >= 4 is 58.2 Å². The molecule has 0 radical (unpaired) electrons. The van der Waals surface area contributed by atoms with Crippen LogP contribution >= 0.6 is 23.1 Å². The van der Waals surface area contributed by atoms with E-state index < -0.39 is 29.5 Å². The minimum Gasteiger partial charge on any atom is -0.483 e. The first-order valence-electron chi connectivity index (χ1n) is 16.0. The molecule has 1 saturated heterocycles. The molecule has 7 atom stereocenters. The van der Waals surface area contributed by atoms with Gasteiger partial charge in [-0.25, -0.2) is 9.18 Å². The van der Waals surface area contributed by atoms with Gasteiger partial charge in [-0.1, -0.05) is 29.5 Å². The van der Waals surface area contributed by atoms with E-state index in [1.807, 2.05) is 18.2 Å². The number of rotatable bonds is 8. The van der Waals surface area contributed by atoms with E-state index in [0.717, 1.165) is 26.8 Å². The minimum atomic E-state index is -0.515. The number of fused-ring (bicyclic) bond motifs is 9. The zero-order valence-corrected chi connectivity index (χ0v) is 27.7. The number of para-hydroxylation sites is 1. The Kier molecular flexibility index (Phi) is 7.91. The molecule has 10 nitrogen and oxygen atoms in total. The lowest BCUT2D eigenvalue weighted by Crippen LogP contribution is -2.42. The normalized spacial score (nSPS) is 26.2. The molecule has 2 saturated carbocycles. The van der Waals surface area contributed by atoms with E-state index in [1.54, 1.807) is 49.0 Å². The number of ether oxygens (including phenoxy) is 2. The molecular formula is C36H30FN3O7S2. The standard InChI is InChI=1S/C36H30FN3O7S2/c1-2-46-35(44)17-7-13-20(14-8-17)40-33(42)28-22-15-23(29(28)34(40)43)30-27(22)26(31-32(48-30)39-36(45)49-31)21-5-3-4-6-24(21)47-16-25(41)38-19-11-9-18(37)10-12-19/h3-14,22-23,26-30H,2,15-16H2,1H3,(H,38,41)(H,39,45)/t22-,23-,26+,27-,28+,29+,30-/m1/s1. The molecule has 0 spiro atoms. The number of thioether (sulfide) groups is 1. The number of hydrogen-bond acceptors (Lipinski definition) is 9. The molecule has 2 bridgehead atoms.